The van der Waals surface area contributed by atoms with Crippen LogP contribution in [0.3, 0.4) is 0 Å². The maximum atomic E-state index is 12.1. The molecule has 0 amide bonds. The Labute approximate surface area is 136 Å². The maximum absolute atomic E-state index is 12.1. The van der Waals surface area contributed by atoms with Gasteiger partial charge in [0.05, 0.1) is 30.7 Å². The van der Waals surface area contributed by atoms with Gasteiger partial charge >= 0.3 is 11.9 Å². The van der Waals surface area contributed by atoms with E-state index in [-0.39, 0.29) is 18.0 Å². The minimum Gasteiger partial charge on any atom is -0.457 e. The molecule has 0 spiro atoms. The first-order valence-corrected chi connectivity index (χ1v) is 8.06. The molecule has 3 aliphatic heterocycles. The van der Waals surface area contributed by atoms with Crippen molar-refractivity contribution in [1.29, 1.82) is 0 Å². The highest BCUT2D eigenvalue weighted by Gasteiger charge is 2.54. The van der Waals surface area contributed by atoms with Crippen molar-refractivity contribution >= 4 is 5.97 Å². The van der Waals surface area contributed by atoms with E-state index in [1.807, 2.05) is 39.0 Å². The average Bonchev–Trinajstić information content (AvgIpc) is 2.62. The Morgan fingerprint density at radius 3 is 2.22 bits per heavy atom. The Balaban J connectivity index is 1.63. The number of benzene rings is 1. The van der Waals surface area contributed by atoms with Crippen molar-refractivity contribution in [2.75, 3.05) is 26.4 Å². The van der Waals surface area contributed by atoms with Crippen molar-refractivity contribution in [3.05, 3.63) is 35.9 Å². The molecule has 23 heavy (non-hydrogen) atoms. The molecule has 3 aliphatic rings. The summed E-state index contributed by atoms with van der Waals surface area (Å²) < 4.78 is 22.8. The van der Waals surface area contributed by atoms with Crippen LogP contribution in [0.5, 0.6) is 0 Å². The molecule has 4 rings (SSSR count). The number of rotatable bonds is 5. The Bertz CT molecular complexity index is 542. The van der Waals surface area contributed by atoms with Gasteiger partial charge in [-0.25, -0.2) is 0 Å². The molecule has 1 aromatic rings. The van der Waals surface area contributed by atoms with Crippen LogP contribution in [0, 0.1) is 5.41 Å². The summed E-state index contributed by atoms with van der Waals surface area (Å²) in [5, 5.41) is 0. The largest absolute Gasteiger partial charge is 0.457 e. The van der Waals surface area contributed by atoms with E-state index in [1.54, 1.807) is 0 Å². The van der Waals surface area contributed by atoms with Crippen molar-refractivity contribution in [2.45, 2.75) is 38.6 Å². The van der Waals surface area contributed by atoms with Crippen LogP contribution >= 0.6 is 0 Å². The lowest BCUT2D eigenvalue weighted by Crippen LogP contribution is -2.64. The molecule has 0 aromatic heterocycles. The SMILES string of the molecule is CCC(C)(C)C(=O)OCC12OCC(c3ccccc3)(CO1)CO2. The molecule has 3 fully saturated rings. The Hall–Kier alpha value is -1.43. The highest BCUT2D eigenvalue weighted by Crippen LogP contribution is 2.41. The number of fused-ring (bicyclic) bond motifs is 3. The summed E-state index contributed by atoms with van der Waals surface area (Å²) in [7, 11) is 0. The smallest absolute Gasteiger partial charge is 0.319 e. The van der Waals surface area contributed by atoms with Crippen LogP contribution in [-0.2, 0) is 29.2 Å². The molecule has 1 aromatic carbocycles. The molecule has 0 N–H and O–H groups in total. The highest BCUT2D eigenvalue weighted by atomic mass is 16.9. The van der Waals surface area contributed by atoms with E-state index in [4.69, 9.17) is 18.9 Å². The maximum Gasteiger partial charge on any atom is 0.319 e. The summed E-state index contributed by atoms with van der Waals surface area (Å²) >= 11 is 0. The fourth-order valence-electron chi connectivity index (χ4n) is 2.65. The van der Waals surface area contributed by atoms with Gasteiger partial charge in [-0.3, -0.25) is 4.79 Å². The first-order valence-electron chi connectivity index (χ1n) is 8.06. The minimum atomic E-state index is -1.25. The third-order valence-electron chi connectivity index (χ3n) is 4.91. The van der Waals surface area contributed by atoms with Crippen LogP contribution in [0.1, 0.15) is 32.8 Å². The number of carbonyl (C=O) groups excluding carboxylic acids is 1. The monoisotopic (exact) mass is 320 g/mol. The van der Waals surface area contributed by atoms with Crippen LogP contribution in [0.2, 0.25) is 0 Å². The van der Waals surface area contributed by atoms with Gasteiger partial charge in [0.25, 0.3) is 0 Å². The Morgan fingerprint density at radius 2 is 1.70 bits per heavy atom. The zero-order valence-corrected chi connectivity index (χ0v) is 14.0. The first kappa shape index (κ1) is 16.4. The third kappa shape index (κ3) is 3.01. The van der Waals surface area contributed by atoms with Gasteiger partial charge in [0, 0.05) is 0 Å². The lowest BCUT2D eigenvalue weighted by atomic mass is 9.81. The van der Waals surface area contributed by atoms with Gasteiger partial charge in [0.2, 0.25) is 0 Å². The summed E-state index contributed by atoms with van der Waals surface area (Å²) in [6.45, 7) is 7.11. The predicted octanol–water partition coefficient (Wildman–Crippen LogP) is 2.63. The summed E-state index contributed by atoms with van der Waals surface area (Å²) in [5.74, 6) is -1.52. The summed E-state index contributed by atoms with van der Waals surface area (Å²) in [6.07, 6.45) is 0.707. The standard InChI is InChI=1S/C18H24O5/c1-4-16(2,3)15(19)20-13-18-21-10-17(11-22-18,12-23-18)14-8-6-5-7-9-14/h5-9H,4,10-13H2,1-3H3. The van der Waals surface area contributed by atoms with Crippen LogP contribution in [0.4, 0.5) is 0 Å². The van der Waals surface area contributed by atoms with Gasteiger partial charge in [0.15, 0.2) is 6.61 Å². The molecule has 3 heterocycles. The second-order valence-corrected chi connectivity index (χ2v) is 7.01. The molecule has 0 radical (unpaired) electrons. The normalized spacial score (nSPS) is 30.2. The van der Waals surface area contributed by atoms with Gasteiger partial charge in [0.1, 0.15) is 0 Å². The van der Waals surface area contributed by atoms with E-state index >= 15 is 0 Å². The lowest BCUT2D eigenvalue weighted by molar-refractivity contribution is -0.461. The molecule has 5 heteroatoms. The van der Waals surface area contributed by atoms with Gasteiger partial charge < -0.3 is 18.9 Å². The van der Waals surface area contributed by atoms with E-state index in [0.29, 0.717) is 26.2 Å². The highest BCUT2D eigenvalue weighted by molar-refractivity contribution is 5.75. The number of ether oxygens (including phenoxy) is 4. The fourth-order valence-corrected chi connectivity index (χ4v) is 2.65. The van der Waals surface area contributed by atoms with Crippen LogP contribution in [-0.4, -0.2) is 38.4 Å². The molecule has 3 saturated heterocycles. The molecular weight excluding hydrogens is 296 g/mol. The van der Waals surface area contributed by atoms with E-state index in [1.165, 1.54) is 0 Å². The van der Waals surface area contributed by atoms with Gasteiger partial charge in [-0.1, -0.05) is 37.3 Å². The molecule has 5 nitrogen and oxygen atoms in total. The Morgan fingerprint density at radius 1 is 1.13 bits per heavy atom. The first-order chi connectivity index (χ1) is 10.9. The van der Waals surface area contributed by atoms with Gasteiger partial charge in [-0.15, -0.1) is 0 Å². The molecular formula is C18H24O5. The van der Waals surface area contributed by atoms with E-state index in [0.717, 1.165) is 5.56 Å². The third-order valence-corrected chi connectivity index (χ3v) is 4.91. The van der Waals surface area contributed by atoms with Crippen LogP contribution < -0.4 is 0 Å². The molecule has 0 aliphatic carbocycles. The lowest BCUT2D eigenvalue weighted by Gasteiger charge is -2.51. The second-order valence-electron chi connectivity index (χ2n) is 7.01. The zero-order chi connectivity index (χ0) is 16.6. The molecule has 0 atom stereocenters. The van der Waals surface area contributed by atoms with Crippen molar-refractivity contribution in [1.82, 2.24) is 0 Å². The molecule has 2 bridgehead atoms. The van der Waals surface area contributed by atoms with E-state index < -0.39 is 11.4 Å². The van der Waals surface area contributed by atoms with Crippen molar-refractivity contribution in [3.63, 3.8) is 0 Å². The van der Waals surface area contributed by atoms with Crippen LogP contribution in [0.25, 0.3) is 0 Å². The topological polar surface area (TPSA) is 54.0 Å². The summed E-state index contributed by atoms with van der Waals surface area (Å²) in [5.41, 5.74) is 0.334. The van der Waals surface area contributed by atoms with Crippen molar-refractivity contribution in [2.24, 2.45) is 5.41 Å². The minimum absolute atomic E-state index is 0.0415. The number of hydrogen-bond acceptors (Lipinski definition) is 5. The number of hydrogen-bond donors (Lipinski definition) is 0. The number of esters is 1. The van der Waals surface area contributed by atoms with Gasteiger partial charge in [-0.2, -0.15) is 0 Å². The predicted molar refractivity (Wildman–Crippen MR) is 83.7 cm³/mol. The van der Waals surface area contributed by atoms with E-state index in [9.17, 15) is 4.79 Å². The number of carbonyl (C=O) groups is 1. The second kappa shape index (κ2) is 5.89. The van der Waals surface area contributed by atoms with Crippen molar-refractivity contribution < 1.29 is 23.7 Å². The fraction of sp³-hybridized carbons (Fsp3) is 0.611. The quantitative estimate of drug-likeness (QED) is 0.781. The molecule has 0 saturated carbocycles. The summed E-state index contributed by atoms with van der Waals surface area (Å²) in [6, 6.07) is 10.1. The average molecular weight is 320 g/mol. The summed E-state index contributed by atoms with van der Waals surface area (Å²) in [4.78, 5) is 12.1. The van der Waals surface area contributed by atoms with E-state index in [2.05, 4.69) is 12.1 Å². The molecule has 126 valence electrons. The Kier molecular flexibility index (Phi) is 4.21. The zero-order valence-electron chi connectivity index (χ0n) is 14.0. The van der Waals surface area contributed by atoms with Crippen LogP contribution in [0.15, 0.2) is 30.3 Å². The van der Waals surface area contributed by atoms with Gasteiger partial charge in [-0.05, 0) is 25.8 Å². The molecule has 0 unspecified atom stereocenters. The van der Waals surface area contributed by atoms with Crippen molar-refractivity contribution in [3.8, 4) is 0 Å².